The molecule has 0 aliphatic carbocycles. The van der Waals surface area contributed by atoms with Gasteiger partial charge in [-0.1, -0.05) is 0 Å². The van der Waals surface area contributed by atoms with E-state index in [9.17, 15) is 29.7 Å². The third-order valence-corrected chi connectivity index (χ3v) is 1.25. The number of carbonyl (C=O) groups is 3. The molecule has 0 aliphatic rings. The normalized spacial score (nSPS) is 6.13. The zero-order valence-electron chi connectivity index (χ0n) is 11.5. The zero-order valence-corrected chi connectivity index (χ0v) is 12.9. The summed E-state index contributed by atoms with van der Waals surface area (Å²) in [6.45, 7) is 0. The second-order valence-electron chi connectivity index (χ2n) is 2.42. The topological polar surface area (TPSA) is 424 Å². The van der Waals surface area contributed by atoms with E-state index in [4.69, 9.17) is 5.11 Å². The van der Waals surface area contributed by atoms with Crippen LogP contribution in [0.2, 0.25) is 0 Å². The van der Waals surface area contributed by atoms with Crippen LogP contribution in [-0.2, 0) is 14.4 Å². The van der Waals surface area contributed by atoms with Gasteiger partial charge in [-0.15, -0.1) is 0 Å². The third-order valence-electron chi connectivity index (χ3n) is 1.25. The molecular formula is C6H23MgO16-. The van der Waals surface area contributed by atoms with E-state index < -0.39 is 36.4 Å². The number of hydrogen-bond acceptors (Lipinski definition) is 7. The van der Waals surface area contributed by atoms with E-state index in [1.54, 1.807) is 0 Å². The molecule has 0 atom stereocenters. The van der Waals surface area contributed by atoms with Gasteiger partial charge in [-0.2, -0.15) is 0 Å². The molecule has 0 fully saturated rings. The van der Waals surface area contributed by atoms with E-state index in [-0.39, 0.29) is 72.3 Å². The maximum Gasteiger partial charge on any atom is 2.00 e. The number of carbonyl (C=O) groups excluding carboxylic acids is 3. The molecule has 0 aromatic heterocycles. The van der Waals surface area contributed by atoms with E-state index in [2.05, 4.69) is 0 Å². The quantitative estimate of drug-likeness (QED) is 0.451. The SMILES string of the molecule is O.O.O.O.O.O.O.O.O.O=C([O-])CC(O)(CC(=O)[O-])C(=O)[O-].[Mg+2]. The zero-order chi connectivity index (χ0) is 10.6. The molecule has 0 heterocycles. The van der Waals surface area contributed by atoms with Crippen LogP contribution in [0.4, 0.5) is 0 Å². The average Bonchev–Trinajstić information content (AvgIpc) is 1.82. The molecule has 0 unspecified atom stereocenters. The summed E-state index contributed by atoms with van der Waals surface area (Å²) >= 11 is 0. The predicted octanol–water partition coefficient (Wildman–Crippen LogP) is -13.1. The summed E-state index contributed by atoms with van der Waals surface area (Å²) in [5, 5.41) is 38.9. The van der Waals surface area contributed by atoms with Crippen molar-refractivity contribution in [2.75, 3.05) is 0 Å². The van der Waals surface area contributed by atoms with Crippen LogP contribution in [0.1, 0.15) is 12.8 Å². The van der Waals surface area contributed by atoms with Crippen molar-refractivity contribution in [3.05, 3.63) is 0 Å². The summed E-state index contributed by atoms with van der Waals surface area (Å²) in [5.74, 6) is -5.98. The summed E-state index contributed by atoms with van der Waals surface area (Å²) in [6.07, 6.45) is -2.72. The van der Waals surface area contributed by atoms with Crippen LogP contribution in [0.15, 0.2) is 0 Å². The fraction of sp³-hybridized carbons (Fsp3) is 0.500. The van der Waals surface area contributed by atoms with Gasteiger partial charge in [0, 0.05) is 24.8 Å². The van der Waals surface area contributed by atoms with Gasteiger partial charge >= 0.3 is 23.1 Å². The first-order chi connectivity index (χ1) is 5.78. The Morgan fingerprint density at radius 3 is 0.913 bits per heavy atom. The maximum absolute atomic E-state index is 10.1. The fourth-order valence-electron chi connectivity index (χ4n) is 0.684. The molecule has 0 aromatic rings. The molecule has 146 valence electrons. The molecule has 23 heavy (non-hydrogen) atoms. The van der Waals surface area contributed by atoms with Crippen LogP contribution in [0.5, 0.6) is 0 Å². The Labute approximate surface area is 144 Å². The smallest absolute Gasteiger partial charge is 0.550 e. The maximum atomic E-state index is 10.1. The van der Waals surface area contributed by atoms with Gasteiger partial charge in [0.05, 0.1) is 5.97 Å². The summed E-state index contributed by atoms with van der Waals surface area (Å²) in [5.41, 5.74) is -2.97. The summed E-state index contributed by atoms with van der Waals surface area (Å²) in [7, 11) is 0. The number of aliphatic hydroxyl groups is 1. The molecule has 0 bridgehead atoms. The average molecular weight is 376 g/mol. The minimum absolute atomic E-state index is 0. The number of hydrogen-bond donors (Lipinski definition) is 1. The molecule has 17 heteroatoms. The Morgan fingerprint density at radius 1 is 0.652 bits per heavy atom. The van der Waals surface area contributed by atoms with E-state index in [1.165, 1.54) is 0 Å². The van der Waals surface area contributed by atoms with Gasteiger partial charge in [0.2, 0.25) is 0 Å². The van der Waals surface area contributed by atoms with Crippen molar-refractivity contribution in [1.29, 1.82) is 0 Å². The summed E-state index contributed by atoms with van der Waals surface area (Å²) in [6, 6.07) is 0. The molecule has 0 radical (unpaired) electrons. The standard InChI is InChI=1S/C6H8O7.Mg.9H2O/c7-3(8)1-6(13,5(11)12)2-4(9)10;;;;;;;;;;/h13H,1-2H2,(H,7,8)(H,9,10)(H,11,12);;9*1H2/q;+2;;;;;;;;;/p-3. The van der Waals surface area contributed by atoms with E-state index in [1.807, 2.05) is 0 Å². The molecule has 0 aliphatic heterocycles. The predicted molar refractivity (Wildman–Crippen MR) is 67.5 cm³/mol. The van der Waals surface area contributed by atoms with Crippen LogP contribution in [0, 0.1) is 0 Å². The Kier molecular flexibility index (Phi) is 115. The molecule has 0 aromatic carbocycles. The van der Waals surface area contributed by atoms with Gasteiger partial charge < -0.3 is 84.1 Å². The third kappa shape index (κ3) is 33.5. The van der Waals surface area contributed by atoms with Crippen LogP contribution in [0.3, 0.4) is 0 Å². The fourth-order valence-corrected chi connectivity index (χ4v) is 0.684. The van der Waals surface area contributed by atoms with E-state index in [0.717, 1.165) is 0 Å². The van der Waals surface area contributed by atoms with Crippen molar-refractivity contribution in [2.45, 2.75) is 18.4 Å². The Hall–Kier alpha value is -1.22. The van der Waals surface area contributed by atoms with E-state index in [0.29, 0.717) is 0 Å². The van der Waals surface area contributed by atoms with Crippen LogP contribution < -0.4 is 15.3 Å². The minimum atomic E-state index is -2.97. The van der Waals surface area contributed by atoms with Crippen molar-refractivity contribution in [3.8, 4) is 0 Å². The van der Waals surface area contributed by atoms with Gasteiger partial charge in [0.25, 0.3) is 0 Å². The molecule has 0 saturated heterocycles. The first-order valence-electron chi connectivity index (χ1n) is 3.11. The Bertz CT molecular complexity index is 239. The van der Waals surface area contributed by atoms with Gasteiger partial charge in [0.15, 0.2) is 0 Å². The number of rotatable bonds is 5. The molecule has 0 spiro atoms. The van der Waals surface area contributed by atoms with Gasteiger partial charge in [-0.25, -0.2) is 0 Å². The number of carboxylic acid groups (broad SMARTS) is 3. The Balaban J connectivity index is -0.0000000160. The minimum Gasteiger partial charge on any atom is -0.550 e. The Morgan fingerprint density at radius 2 is 0.826 bits per heavy atom. The first kappa shape index (κ1) is 80.9. The van der Waals surface area contributed by atoms with Crippen LogP contribution in [-0.4, -0.2) is 101 Å². The first-order valence-corrected chi connectivity index (χ1v) is 3.11. The van der Waals surface area contributed by atoms with Gasteiger partial charge in [-0.3, -0.25) is 0 Å². The van der Waals surface area contributed by atoms with Crippen molar-refractivity contribution in [3.63, 3.8) is 0 Å². The van der Waals surface area contributed by atoms with Gasteiger partial charge in [0.1, 0.15) is 5.60 Å². The summed E-state index contributed by atoms with van der Waals surface area (Å²) < 4.78 is 0. The number of aliphatic carboxylic acids is 3. The van der Waals surface area contributed by atoms with Crippen molar-refractivity contribution in [1.82, 2.24) is 0 Å². The molecular weight excluding hydrogens is 352 g/mol. The molecule has 0 saturated carbocycles. The monoisotopic (exact) mass is 375 g/mol. The second kappa shape index (κ2) is 32.6. The summed E-state index contributed by atoms with van der Waals surface area (Å²) in [4.78, 5) is 30.0. The second-order valence-corrected chi connectivity index (χ2v) is 2.42. The van der Waals surface area contributed by atoms with Crippen molar-refractivity contribution >= 4 is 41.0 Å². The molecule has 19 N–H and O–H groups in total. The van der Waals surface area contributed by atoms with Crippen molar-refractivity contribution < 1.29 is 84.1 Å². The van der Waals surface area contributed by atoms with Crippen molar-refractivity contribution in [2.24, 2.45) is 0 Å². The molecule has 0 amide bonds. The van der Waals surface area contributed by atoms with Gasteiger partial charge in [-0.05, 0) is 0 Å². The van der Waals surface area contributed by atoms with E-state index >= 15 is 0 Å². The largest absolute Gasteiger partial charge is 2.00 e. The van der Waals surface area contributed by atoms with Crippen LogP contribution in [0.25, 0.3) is 0 Å². The molecule has 16 nitrogen and oxygen atoms in total. The number of carboxylic acids is 3. The van der Waals surface area contributed by atoms with Crippen LogP contribution >= 0.6 is 0 Å². The molecule has 0 rings (SSSR count).